The highest BCUT2D eigenvalue weighted by Gasteiger charge is 2.34. The minimum atomic E-state index is 0.164. The van der Waals surface area contributed by atoms with Gasteiger partial charge >= 0.3 is 0 Å². The van der Waals surface area contributed by atoms with Gasteiger partial charge in [-0.2, -0.15) is 0 Å². The maximum atomic E-state index is 12.0. The van der Waals surface area contributed by atoms with E-state index in [1.54, 1.807) is 6.08 Å². The molecule has 22 heavy (non-hydrogen) atoms. The Morgan fingerprint density at radius 1 is 1.36 bits per heavy atom. The van der Waals surface area contributed by atoms with Crippen molar-refractivity contribution in [1.29, 1.82) is 0 Å². The third-order valence-corrected chi connectivity index (χ3v) is 5.14. The van der Waals surface area contributed by atoms with Crippen molar-refractivity contribution in [3.8, 4) is 0 Å². The summed E-state index contributed by atoms with van der Waals surface area (Å²) in [4.78, 5) is 14.0. The summed E-state index contributed by atoms with van der Waals surface area (Å²) in [5, 5.41) is 8.79. The fourth-order valence-electron chi connectivity index (χ4n) is 3.79. The van der Waals surface area contributed by atoms with E-state index in [1.165, 1.54) is 32.1 Å². The summed E-state index contributed by atoms with van der Waals surface area (Å²) in [6.45, 7) is 7.38. The molecule has 2 heterocycles. The average Bonchev–Trinajstić information content (AvgIpc) is 3.15. The fourth-order valence-corrected chi connectivity index (χ4v) is 3.79. The van der Waals surface area contributed by atoms with E-state index < -0.39 is 0 Å². The van der Waals surface area contributed by atoms with Gasteiger partial charge in [-0.25, -0.2) is 4.68 Å². The van der Waals surface area contributed by atoms with E-state index in [0.29, 0.717) is 18.3 Å². The third kappa shape index (κ3) is 3.08. The molecule has 1 aliphatic heterocycles. The maximum Gasteiger partial charge on any atom is 0.226 e. The number of amides is 1. The zero-order valence-electron chi connectivity index (χ0n) is 13.4. The second kappa shape index (κ2) is 6.63. The number of hydrogen-bond donors (Lipinski definition) is 0. The molecule has 1 saturated carbocycles. The molecule has 0 bridgehead atoms. The van der Waals surface area contributed by atoms with Gasteiger partial charge in [0.2, 0.25) is 5.91 Å². The highest BCUT2D eigenvalue weighted by molar-refractivity contribution is 5.77. The van der Waals surface area contributed by atoms with Crippen LogP contribution < -0.4 is 0 Å². The van der Waals surface area contributed by atoms with E-state index in [4.69, 9.17) is 0 Å². The molecular weight excluding hydrogens is 276 g/mol. The lowest BCUT2D eigenvalue weighted by Crippen LogP contribution is -2.28. The van der Waals surface area contributed by atoms with Crippen LogP contribution >= 0.6 is 0 Å². The fraction of sp³-hybridized carbons (Fsp3) is 0.706. The van der Waals surface area contributed by atoms with Gasteiger partial charge in [0.1, 0.15) is 0 Å². The van der Waals surface area contributed by atoms with Crippen LogP contribution in [0.25, 0.3) is 0 Å². The molecule has 1 amide bonds. The zero-order chi connectivity index (χ0) is 15.5. The molecule has 1 saturated heterocycles. The standard InChI is InChI=1S/C17H26N4O/c1-3-7-17(22)20-10-13(2)16(12-20)21-11-15(18-19-21)14-8-5-4-6-9-14/h3,11,13-14,16H,1,4-10,12H2,2H3/t13-,16+/m1/s1. The normalized spacial score (nSPS) is 26.3. The van der Waals surface area contributed by atoms with Gasteiger partial charge in [0.15, 0.2) is 0 Å². The van der Waals surface area contributed by atoms with Crippen LogP contribution in [-0.4, -0.2) is 38.9 Å². The van der Waals surface area contributed by atoms with Crippen molar-refractivity contribution >= 4 is 5.91 Å². The van der Waals surface area contributed by atoms with E-state index in [2.05, 4.69) is 30.0 Å². The molecule has 1 aliphatic carbocycles. The Bertz CT molecular complexity index is 533. The predicted molar refractivity (Wildman–Crippen MR) is 85.4 cm³/mol. The van der Waals surface area contributed by atoms with Crippen molar-refractivity contribution in [2.75, 3.05) is 13.1 Å². The van der Waals surface area contributed by atoms with Crippen molar-refractivity contribution in [2.45, 2.75) is 57.4 Å². The van der Waals surface area contributed by atoms with Gasteiger partial charge in [-0.3, -0.25) is 4.79 Å². The molecule has 2 atom stereocenters. The van der Waals surface area contributed by atoms with Crippen molar-refractivity contribution < 1.29 is 4.79 Å². The van der Waals surface area contributed by atoms with Gasteiger partial charge in [-0.05, 0) is 18.8 Å². The first-order chi connectivity index (χ1) is 10.7. The molecule has 0 spiro atoms. The van der Waals surface area contributed by atoms with Crippen LogP contribution in [0.4, 0.5) is 0 Å². The second-order valence-electron chi connectivity index (χ2n) is 6.79. The van der Waals surface area contributed by atoms with Crippen LogP contribution in [0, 0.1) is 5.92 Å². The maximum absolute atomic E-state index is 12.0. The molecule has 0 aromatic carbocycles. The van der Waals surface area contributed by atoms with Gasteiger partial charge in [0.05, 0.1) is 11.7 Å². The first-order valence-electron chi connectivity index (χ1n) is 8.49. The Hall–Kier alpha value is -1.65. The highest BCUT2D eigenvalue weighted by atomic mass is 16.2. The van der Waals surface area contributed by atoms with Gasteiger partial charge in [0.25, 0.3) is 0 Å². The largest absolute Gasteiger partial charge is 0.340 e. The van der Waals surface area contributed by atoms with Crippen LogP contribution in [0.5, 0.6) is 0 Å². The summed E-state index contributed by atoms with van der Waals surface area (Å²) >= 11 is 0. The molecule has 0 radical (unpaired) electrons. The Morgan fingerprint density at radius 3 is 2.86 bits per heavy atom. The summed E-state index contributed by atoms with van der Waals surface area (Å²) in [6, 6.07) is 0.249. The monoisotopic (exact) mass is 302 g/mol. The zero-order valence-corrected chi connectivity index (χ0v) is 13.4. The molecule has 2 fully saturated rings. The Morgan fingerprint density at radius 2 is 2.14 bits per heavy atom. The summed E-state index contributed by atoms with van der Waals surface area (Å²) < 4.78 is 2.00. The first-order valence-corrected chi connectivity index (χ1v) is 8.49. The Labute approximate surface area is 132 Å². The summed E-state index contributed by atoms with van der Waals surface area (Å²) in [6.07, 6.45) is 10.7. The topological polar surface area (TPSA) is 51.0 Å². The van der Waals surface area contributed by atoms with E-state index >= 15 is 0 Å². The van der Waals surface area contributed by atoms with Gasteiger partial charge < -0.3 is 4.90 Å². The van der Waals surface area contributed by atoms with Gasteiger partial charge in [-0.15, -0.1) is 11.7 Å². The average molecular weight is 302 g/mol. The van der Waals surface area contributed by atoms with E-state index in [0.717, 1.165) is 18.8 Å². The molecule has 2 aliphatic rings. The van der Waals surface area contributed by atoms with Crippen molar-refractivity contribution in [3.05, 3.63) is 24.5 Å². The van der Waals surface area contributed by atoms with Crippen molar-refractivity contribution in [1.82, 2.24) is 19.9 Å². The molecule has 3 rings (SSSR count). The molecule has 1 aromatic heterocycles. The summed E-state index contributed by atoms with van der Waals surface area (Å²) in [5.41, 5.74) is 1.14. The number of aromatic nitrogens is 3. The summed E-state index contributed by atoms with van der Waals surface area (Å²) in [5.74, 6) is 1.16. The van der Waals surface area contributed by atoms with Gasteiger partial charge in [-0.1, -0.05) is 37.5 Å². The lowest BCUT2D eigenvalue weighted by atomic mass is 9.87. The highest BCUT2D eigenvalue weighted by Crippen LogP contribution is 2.33. The SMILES string of the molecule is C=CCC(=O)N1C[C@@H](C)[C@@H](n2cc(C3CCCCC3)nn2)C1. The van der Waals surface area contributed by atoms with Crippen LogP contribution in [0.1, 0.15) is 63.1 Å². The molecule has 0 N–H and O–H groups in total. The molecule has 5 heteroatoms. The summed E-state index contributed by atoms with van der Waals surface area (Å²) in [7, 11) is 0. The predicted octanol–water partition coefficient (Wildman–Crippen LogP) is 2.92. The van der Waals surface area contributed by atoms with Crippen LogP contribution in [-0.2, 0) is 4.79 Å². The van der Waals surface area contributed by atoms with E-state index in [1.807, 2.05) is 9.58 Å². The number of hydrogen-bond acceptors (Lipinski definition) is 3. The number of likely N-dealkylation sites (tertiary alicyclic amines) is 1. The van der Waals surface area contributed by atoms with Crippen LogP contribution in [0.15, 0.2) is 18.9 Å². The number of rotatable bonds is 4. The lowest BCUT2D eigenvalue weighted by molar-refractivity contribution is -0.129. The number of carbonyl (C=O) groups is 1. The minimum absolute atomic E-state index is 0.164. The van der Waals surface area contributed by atoms with E-state index in [9.17, 15) is 4.79 Å². The van der Waals surface area contributed by atoms with Crippen LogP contribution in [0.3, 0.4) is 0 Å². The lowest BCUT2D eigenvalue weighted by Gasteiger charge is -2.19. The smallest absolute Gasteiger partial charge is 0.226 e. The quantitative estimate of drug-likeness (QED) is 0.804. The van der Waals surface area contributed by atoms with Crippen LogP contribution in [0.2, 0.25) is 0 Å². The molecule has 5 nitrogen and oxygen atoms in total. The third-order valence-electron chi connectivity index (χ3n) is 5.14. The molecule has 0 unspecified atom stereocenters. The van der Waals surface area contributed by atoms with Crippen molar-refractivity contribution in [3.63, 3.8) is 0 Å². The molecule has 120 valence electrons. The first kappa shape index (κ1) is 15.3. The Balaban J connectivity index is 1.67. The van der Waals surface area contributed by atoms with Gasteiger partial charge in [0, 0.05) is 31.6 Å². The Kier molecular flexibility index (Phi) is 4.60. The van der Waals surface area contributed by atoms with E-state index in [-0.39, 0.29) is 11.9 Å². The second-order valence-corrected chi connectivity index (χ2v) is 6.79. The minimum Gasteiger partial charge on any atom is -0.340 e. The molecule has 1 aromatic rings. The van der Waals surface area contributed by atoms with Crippen molar-refractivity contribution in [2.24, 2.45) is 5.92 Å². The number of carbonyl (C=O) groups excluding carboxylic acids is 1. The molecular formula is C17H26N4O. The number of nitrogens with zero attached hydrogens (tertiary/aromatic N) is 4.